The van der Waals surface area contributed by atoms with E-state index in [1.54, 1.807) is 0 Å². The van der Waals surface area contributed by atoms with Crippen LogP contribution in [0.5, 0.6) is 0 Å². The van der Waals surface area contributed by atoms with E-state index in [1.807, 2.05) is 0 Å². The van der Waals surface area contributed by atoms with E-state index in [0.29, 0.717) is 11.8 Å². The number of hydrogen-bond donors (Lipinski definition) is 0. The minimum absolute atomic E-state index is 0.318. The van der Waals surface area contributed by atoms with Gasteiger partial charge in [-0.3, -0.25) is 14.5 Å². The van der Waals surface area contributed by atoms with Crippen LogP contribution < -0.4 is 0 Å². The Hall–Kier alpha value is -2.27. The number of nitrogens with zero attached hydrogens (tertiary/aromatic N) is 1. The normalized spacial score (nSPS) is 21.8. The van der Waals surface area contributed by atoms with E-state index >= 15 is 0 Å². The molecule has 28 heavy (non-hydrogen) atoms. The Morgan fingerprint density at radius 3 is 1.89 bits per heavy atom. The summed E-state index contributed by atoms with van der Waals surface area (Å²) in [6, 6.07) is 4.49. The fourth-order valence-electron chi connectivity index (χ4n) is 3.04. The molecule has 1 aliphatic heterocycles. The van der Waals surface area contributed by atoms with E-state index in [0.717, 1.165) is 19.2 Å². The van der Waals surface area contributed by atoms with Gasteiger partial charge in [0.2, 0.25) is 5.91 Å². The van der Waals surface area contributed by atoms with Gasteiger partial charge in [-0.1, -0.05) is 18.2 Å². The maximum Gasteiger partial charge on any atom is 0.460 e. The van der Waals surface area contributed by atoms with Crippen molar-refractivity contribution >= 4 is 11.8 Å². The average molecular weight is 421 g/mol. The molecule has 0 fully saturated rings. The van der Waals surface area contributed by atoms with Gasteiger partial charge in [0.15, 0.2) is 0 Å². The molecule has 2 amide bonds. The van der Waals surface area contributed by atoms with Gasteiger partial charge >= 0.3 is 23.9 Å². The zero-order valence-electron chi connectivity index (χ0n) is 14.2. The van der Waals surface area contributed by atoms with Crippen molar-refractivity contribution in [3.8, 4) is 0 Å². The van der Waals surface area contributed by atoms with Crippen molar-refractivity contribution in [3.05, 3.63) is 35.4 Å². The molecular formula is C16H12F9NO2. The van der Waals surface area contributed by atoms with Crippen LogP contribution in [0.1, 0.15) is 29.3 Å². The second-order valence-corrected chi connectivity index (χ2v) is 6.57. The topological polar surface area (TPSA) is 37.4 Å². The number of imide groups is 1. The number of alkyl halides is 9. The van der Waals surface area contributed by atoms with E-state index in [2.05, 4.69) is 0 Å². The predicted molar refractivity (Wildman–Crippen MR) is 76.4 cm³/mol. The van der Waals surface area contributed by atoms with Gasteiger partial charge in [-0.2, -0.15) is 39.5 Å². The lowest BCUT2D eigenvalue weighted by molar-refractivity contribution is -0.397. The zero-order chi connectivity index (χ0) is 21.9. The molecule has 12 heteroatoms. The van der Waals surface area contributed by atoms with Crippen molar-refractivity contribution in [1.82, 2.24) is 4.90 Å². The monoisotopic (exact) mass is 421 g/mol. The van der Waals surface area contributed by atoms with Gasteiger partial charge in [0.1, 0.15) is 0 Å². The molecular weight excluding hydrogens is 409 g/mol. The third-order valence-electron chi connectivity index (χ3n) is 4.62. The highest BCUT2D eigenvalue weighted by atomic mass is 19.4. The Morgan fingerprint density at radius 1 is 0.893 bits per heavy atom. The quantitative estimate of drug-likeness (QED) is 0.534. The number of rotatable bonds is 4. The first-order valence-electron chi connectivity index (χ1n) is 7.54. The third-order valence-corrected chi connectivity index (χ3v) is 4.62. The smallest absolute Gasteiger partial charge is 0.281 e. The summed E-state index contributed by atoms with van der Waals surface area (Å²) in [4.78, 5) is 24.8. The number of carbonyl (C=O) groups excluding carboxylic acids is 2. The van der Waals surface area contributed by atoms with Crippen LogP contribution in [-0.2, 0) is 10.2 Å². The summed E-state index contributed by atoms with van der Waals surface area (Å²) in [7, 11) is 0.847. The fraction of sp³-hybridized carbons (Fsp3) is 0.500. The van der Waals surface area contributed by atoms with E-state index in [-0.39, 0.29) is 5.56 Å². The molecule has 0 spiro atoms. The second kappa shape index (κ2) is 6.11. The Labute approximate surface area is 152 Å². The largest absolute Gasteiger partial charge is 0.460 e. The average Bonchev–Trinajstić information content (AvgIpc) is 2.56. The summed E-state index contributed by atoms with van der Waals surface area (Å²) >= 11 is 0. The molecule has 1 heterocycles. The molecule has 0 radical (unpaired) electrons. The van der Waals surface area contributed by atoms with Gasteiger partial charge in [-0.15, -0.1) is 0 Å². The lowest BCUT2D eigenvalue weighted by Gasteiger charge is -2.42. The molecule has 0 bridgehead atoms. The van der Waals surface area contributed by atoms with Crippen LogP contribution in [-0.4, -0.2) is 47.7 Å². The van der Waals surface area contributed by atoms with Gasteiger partial charge in [-0.25, -0.2) is 0 Å². The van der Waals surface area contributed by atoms with Gasteiger partial charge in [0.25, 0.3) is 5.91 Å². The van der Waals surface area contributed by atoms with Crippen molar-refractivity contribution in [3.63, 3.8) is 0 Å². The van der Waals surface area contributed by atoms with Gasteiger partial charge in [-0.05, 0) is 18.6 Å². The lowest BCUT2D eigenvalue weighted by atomic mass is 9.71. The van der Waals surface area contributed by atoms with Crippen molar-refractivity contribution in [1.29, 1.82) is 0 Å². The Balaban J connectivity index is 2.60. The van der Waals surface area contributed by atoms with Crippen molar-refractivity contribution < 1.29 is 49.1 Å². The molecule has 1 aromatic rings. The standard InChI is InChI=1S/C16H12F9NO2/c1-12(7-13(17,18)14(19,20)15(21,22)16(23,24)25)9-6-4-3-5-8(9)10(27)26(2)11(12)28/h3-6H,7H2,1-2H3. The molecule has 1 atom stereocenters. The van der Waals surface area contributed by atoms with Crippen molar-refractivity contribution in [2.75, 3.05) is 7.05 Å². The number of likely N-dealkylation sites (N-methyl/N-ethyl adjacent to an activating group) is 1. The molecule has 1 aliphatic rings. The highest BCUT2D eigenvalue weighted by Gasteiger charge is 2.82. The number of halogens is 9. The number of amides is 2. The van der Waals surface area contributed by atoms with E-state index < -0.39 is 53.2 Å². The van der Waals surface area contributed by atoms with Crippen LogP contribution in [0.4, 0.5) is 39.5 Å². The first-order valence-corrected chi connectivity index (χ1v) is 7.54. The maximum atomic E-state index is 14.2. The van der Waals surface area contributed by atoms with E-state index in [1.165, 1.54) is 12.1 Å². The number of benzene rings is 1. The first kappa shape index (κ1) is 22.0. The van der Waals surface area contributed by atoms with Crippen molar-refractivity contribution in [2.45, 2.75) is 42.7 Å². The van der Waals surface area contributed by atoms with E-state index in [9.17, 15) is 49.1 Å². The molecule has 1 aromatic carbocycles. The predicted octanol–water partition coefficient (Wildman–Crippen LogP) is 4.41. The van der Waals surface area contributed by atoms with E-state index in [4.69, 9.17) is 0 Å². The summed E-state index contributed by atoms with van der Waals surface area (Å²) in [5, 5.41) is 0. The van der Waals surface area contributed by atoms with Crippen LogP contribution in [0.2, 0.25) is 0 Å². The molecule has 3 nitrogen and oxygen atoms in total. The molecule has 0 aliphatic carbocycles. The van der Waals surface area contributed by atoms with Crippen molar-refractivity contribution in [2.24, 2.45) is 0 Å². The molecule has 156 valence electrons. The first-order chi connectivity index (χ1) is 12.4. The molecule has 0 aromatic heterocycles. The highest BCUT2D eigenvalue weighted by Crippen LogP contribution is 2.56. The third kappa shape index (κ3) is 2.84. The number of carbonyl (C=O) groups is 2. The molecule has 2 rings (SSSR count). The Morgan fingerprint density at radius 2 is 1.39 bits per heavy atom. The minimum atomic E-state index is -7.06. The van der Waals surface area contributed by atoms with Crippen LogP contribution in [0.3, 0.4) is 0 Å². The minimum Gasteiger partial charge on any atom is -0.281 e. The van der Waals surface area contributed by atoms with Gasteiger partial charge in [0.05, 0.1) is 5.41 Å². The maximum absolute atomic E-state index is 14.2. The molecule has 1 unspecified atom stereocenters. The van der Waals surface area contributed by atoms with Crippen LogP contribution in [0, 0.1) is 0 Å². The van der Waals surface area contributed by atoms with Crippen LogP contribution in [0.25, 0.3) is 0 Å². The van der Waals surface area contributed by atoms with Crippen LogP contribution >= 0.6 is 0 Å². The van der Waals surface area contributed by atoms with Crippen LogP contribution in [0.15, 0.2) is 24.3 Å². The fourth-order valence-corrected chi connectivity index (χ4v) is 3.04. The summed E-state index contributed by atoms with van der Waals surface area (Å²) in [6.07, 6.45) is -9.34. The zero-order valence-corrected chi connectivity index (χ0v) is 14.2. The molecule has 0 N–H and O–H groups in total. The summed E-state index contributed by atoms with van der Waals surface area (Å²) in [6.45, 7) is 0.673. The molecule has 0 saturated heterocycles. The van der Waals surface area contributed by atoms with Gasteiger partial charge < -0.3 is 0 Å². The molecule has 0 saturated carbocycles. The SMILES string of the molecule is CN1C(=O)c2ccccc2C(C)(CC(F)(F)C(F)(F)C(F)(F)C(F)(F)F)C1=O. The Bertz CT molecular complexity index is 819. The second-order valence-electron chi connectivity index (χ2n) is 6.57. The number of hydrogen-bond acceptors (Lipinski definition) is 2. The van der Waals surface area contributed by atoms with Gasteiger partial charge in [0, 0.05) is 19.0 Å². The summed E-state index contributed by atoms with van der Waals surface area (Å²) in [5.41, 5.74) is -3.48. The summed E-state index contributed by atoms with van der Waals surface area (Å²) in [5.74, 6) is -22.3. The lowest BCUT2D eigenvalue weighted by Crippen LogP contribution is -2.63. The summed E-state index contributed by atoms with van der Waals surface area (Å²) < 4.78 is 119. The highest BCUT2D eigenvalue weighted by molar-refractivity contribution is 6.12. The Kier molecular flexibility index (Phi) is 4.81. The number of fused-ring (bicyclic) bond motifs is 1.